The van der Waals surface area contributed by atoms with Crippen molar-refractivity contribution in [3.63, 3.8) is 0 Å². The van der Waals surface area contributed by atoms with Crippen molar-refractivity contribution in [2.24, 2.45) is 11.3 Å². The zero-order valence-corrected chi connectivity index (χ0v) is 17.3. The number of hydrogen-bond acceptors (Lipinski definition) is 5. The lowest BCUT2D eigenvalue weighted by Gasteiger charge is -2.30. The molecule has 2 unspecified atom stereocenters. The Hall–Kier alpha value is -3.61. The SMILES string of the molecule is CC(C)(C)C(=O)C1C(=O)C(=O)N(c2ccc(-c3ccon3)cc2)C1c1ccc(F)cc1. The Labute approximate surface area is 178 Å². The summed E-state index contributed by atoms with van der Waals surface area (Å²) in [5.41, 5.74) is 1.56. The van der Waals surface area contributed by atoms with Crippen LogP contribution in [0.15, 0.2) is 65.4 Å². The molecule has 4 rings (SSSR count). The number of carbonyl (C=O) groups is 3. The molecule has 3 aromatic rings. The molecule has 1 aromatic heterocycles. The Bertz CT molecular complexity index is 1130. The molecule has 1 aliphatic rings. The zero-order chi connectivity index (χ0) is 22.3. The van der Waals surface area contributed by atoms with Crippen LogP contribution < -0.4 is 4.90 Å². The van der Waals surface area contributed by atoms with Gasteiger partial charge in [0.2, 0.25) is 5.78 Å². The second-order valence-electron chi connectivity index (χ2n) is 8.56. The molecule has 1 aliphatic heterocycles. The fourth-order valence-electron chi connectivity index (χ4n) is 3.83. The Morgan fingerprint density at radius 2 is 1.65 bits per heavy atom. The maximum Gasteiger partial charge on any atom is 0.295 e. The van der Waals surface area contributed by atoms with Gasteiger partial charge >= 0.3 is 0 Å². The topological polar surface area (TPSA) is 80.5 Å². The fourth-order valence-corrected chi connectivity index (χ4v) is 3.83. The molecule has 1 amide bonds. The van der Waals surface area contributed by atoms with Crippen LogP contribution in [-0.4, -0.2) is 22.6 Å². The number of amides is 1. The van der Waals surface area contributed by atoms with Crippen molar-refractivity contribution in [1.82, 2.24) is 5.16 Å². The van der Waals surface area contributed by atoms with Crippen LogP contribution in [0.2, 0.25) is 0 Å². The van der Waals surface area contributed by atoms with Crippen LogP contribution in [0.1, 0.15) is 32.4 Å². The van der Waals surface area contributed by atoms with E-state index in [1.165, 1.54) is 35.4 Å². The Balaban J connectivity index is 1.81. The summed E-state index contributed by atoms with van der Waals surface area (Å²) in [5, 5.41) is 3.88. The second-order valence-corrected chi connectivity index (χ2v) is 8.56. The van der Waals surface area contributed by atoms with Gasteiger partial charge in [0, 0.05) is 22.7 Å². The van der Waals surface area contributed by atoms with Gasteiger partial charge in [-0.2, -0.15) is 0 Å². The number of aromatic nitrogens is 1. The lowest BCUT2D eigenvalue weighted by atomic mass is 9.77. The van der Waals surface area contributed by atoms with E-state index in [9.17, 15) is 18.8 Å². The van der Waals surface area contributed by atoms with E-state index in [0.29, 0.717) is 16.9 Å². The Kier molecular flexibility index (Phi) is 5.05. The number of benzene rings is 2. The number of anilines is 1. The van der Waals surface area contributed by atoms with Gasteiger partial charge in [-0.1, -0.05) is 50.2 Å². The highest BCUT2D eigenvalue weighted by atomic mass is 19.1. The first-order chi connectivity index (χ1) is 14.7. The molecule has 31 heavy (non-hydrogen) atoms. The van der Waals surface area contributed by atoms with Crippen LogP contribution in [0.5, 0.6) is 0 Å². The first-order valence-electron chi connectivity index (χ1n) is 9.86. The molecule has 0 radical (unpaired) electrons. The second kappa shape index (κ2) is 7.58. The number of Topliss-reactive ketones (excluding diaryl/α,β-unsaturated/α-hetero) is 2. The van der Waals surface area contributed by atoms with Crippen LogP contribution in [-0.2, 0) is 14.4 Å². The van der Waals surface area contributed by atoms with Crippen LogP contribution >= 0.6 is 0 Å². The minimum Gasteiger partial charge on any atom is -0.364 e. The summed E-state index contributed by atoms with van der Waals surface area (Å²) in [5.74, 6) is -3.46. The summed E-state index contributed by atoms with van der Waals surface area (Å²) in [6.45, 7) is 5.14. The van der Waals surface area contributed by atoms with Gasteiger partial charge in [-0.05, 0) is 29.8 Å². The molecule has 7 heteroatoms. The molecule has 0 saturated carbocycles. The van der Waals surface area contributed by atoms with E-state index in [1.54, 1.807) is 51.1 Å². The number of ketones is 2. The molecule has 1 saturated heterocycles. The van der Waals surface area contributed by atoms with Crippen molar-refractivity contribution in [2.45, 2.75) is 26.8 Å². The molecule has 0 aliphatic carbocycles. The number of nitrogens with zero attached hydrogens (tertiary/aromatic N) is 2. The summed E-state index contributed by atoms with van der Waals surface area (Å²) in [7, 11) is 0. The monoisotopic (exact) mass is 420 g/mol. The van der Waals surface area contributed by atoms with E-state index in [1.807, 2.05) is 0 Å². The van der Waals surface area contributed by atoms with E-state index < -0.39 is 34.9 Å². The summed E-state index contributed by atoms with van der Waals surface area (Å²) in [4.78, 5) is 40.5. The zero-order valence-electron chi connectivity index (χ0n) is 17.3. The lowest BCUT2D eigenvalue weighted by molar-refractivity contribution is -0.141. The van der Waals surface area contributed by atoms with Gasteiger partial charge in [-0.3, -0.25) is 19.3 Å². The van der Waals surface area contributed by atoms with Gasteiger partial charge in [-0.25, -0.2) is 4.39 Å². The summed E-state index contributed by atoms with van der Waals surface area (Å²) < 4.78 is 18.4. The van der Waals surface area contributed by atoms with Crippen LogP contribution in [0, 0.1) is 17.2 Å². The largest absolute Gasteiger partial charge is 0.364 e. The van der Waals surface area contributed by atoms with Gasteiger partial charge in [0.05, 0.1) is 6.04 Å². The first kappa shape index (κ1) is 20.7. The minimum atomic E-state index is -1.17. The molecule has 0 N–H and O–H groups in total. The number of rotatable bonds is 4. The number of hydrogen-bond donors (Lipinski definition) is 0. The molecule has 2 atom stereocenters. The highest BCUT2D eigenvalue weighted by Crippen LogP contribution is 2.43. The van der Waals surface area contributed by atoms with Crippen molar-refractivity contribution in [3.05, 3.63) is 72.2 Å². The van der Waals surface area contributed by atoms with Gasteiger partial charge in [0.1, 0.15) is 23.7 Å². The normalized spacial score (nSPS) is 19.2. The highest BCUT2D eigenvalue weighted by Gasteiger charge is 2.54. The van der Waals surface area contributed by atoms with Crippen molar-refractivity contribution >= 4 is 23.2 Å². The van der Waals surface area contributed by atoms with E-state index in [-0.39, 0.29) is 5.78 Å². The standard InChI is InChI=1S/C24H21FN2O4/c1-24(2,3)22(29)19-20(15-4-8-16(25)9-5-15)27(23(30)21(19)28)17-10-6-14(7-11-17)18-12-13-31-26-18/h4-13,19-20H,1-3H3. The van der Waals surface area contributed by atoms with Crippen molar-refractivity contribution < 1.29 is 23.3 Å². The van der Waals surface area contributed by atoms with Crippen molar-refractivity contribution in [3.8, 4) is 11.3 Å². The summed E-state index contributed by atoms with van der Waals surface area (Å²) >= 11 is 0. The maximum atomic E-state index is 13.5. The molecule has 0 spiro atoms. The first-order valence-corrected chi connectivity index (χ1v) is 9.86. The minimum absolute atomic E-state index is 0.332. The van der Waals surface area contributed by atoms with Crippen LogP contribution in [0.4, 0.5) is 10.1 Å². The highest BCUT2D eigenvalue weighted by molar-refractivity contribution is 6.48. The smallest absolute Gasteiger partial charge is 0.295 e. The fraction of sp³-hybridized carbons (Fsp3) is 0.250. The van der Waals surface area contributed by atoms with Crippen molar-refractivity contribution in [1.29, 1.82) is 0 Å². The average molecular weight is 420 g/mol. The molecular weight excluding hydrogens is 399 g/mol. The summed E-state index contributed by atoms with van der Waals surface area (Å²) in [6.07, 6.45) is 1.46. The summed E-state index contributed by atoms with van der Waals surface area (Å²) in [6, 6.07) is 13.3. The molecule has 158 valence electrons. The van der Waals surface area contributed by atoms with Gasteiger partial charge in [0.15, 0.2) is 5.78 Å². The molecule has 2 aromatic carbocycles. The molecule has 0 bridgehead atoms. The third-order valence-electron chi connectivity index (χ3n) is 5.42. The van der Waals surface area contributed by atoms with Gasteiger partial charge in [0.25, 0.3) is 5.91 Å². The quantitative estimate of drug-likeness (QED) is 0.463. The third kappa shape index (κ3) is 3.67. The molecule has 6 nitrogen and oxygen atoms in total. The maximum absolute atomic E-state index is 13.5. The van der Waals surface area contributed by atoms with E-state index in [2.05, 4.69) is 5.16 Å². The molecular formula is C24H21FN2O4. The molecule has 1 fully saturated rings. The number of carbonyl (C=O) groups excluding carboxylic acids is 3. The van der Waals surface area contributed by atoms with E-state index in [4.69, 9.17) is 4.52 Å². The lowest BCUT2D eigenvalue weighted by Crippen LogP contribution is -2.35. The predicted octanol–water partition coefficient (Wildman–Crippen LogP) is 4.37. The number of halogens is 1. The van der Waals surface area contributed by atoms with E-state index in [0.717, 1.165) is 5.56 Å². The third-order valence-corrected chi connectivity index (χ3v) is 5.42. The Morgan fingerprint density at radius 1 is 1.00 bits per heavy atom. The van der Waals surface area contributed by atoms with Gasteiger partial charge < -0.3 is 4.52 Å². The molecule has 2 heterocycles. The predicted molar refractivity (Wildman–Crippen MR) is 112 cm³/mol. The Morgan fingerprint density at radius 3 is 2.19 bits per heavy atom. The van der Waals surface area contributed by atoms with Crippen molar-refractivity contribution in [2.75, 3.05) is 4.90 Å². The van der Waals surface area contributed by atoms with E-state index >= 15 is 0 Å². The van der Waals surface area contributed by atoms with Crippen LogP contribution in [0.3, 0.4) is 0 Å². The van der Waals surface area contributed by atoms with Gasteiger partial charge in [-0.15, -0.1) is 0 Å². The van der Waals surface area contributed by atoms with Crippen LogP contribution in [0.25, 0.3) is 11.3 Å². The average Bonchev–Trinajstić information content (AvgIpc) is 3.35.